The standard InChI is InChI=1S/C22H24F3N3O/c23-22(24,25)18-11-20(13-26-12-18)28-9-1-2-19(14-28)27-21(29)10-15-3-5-16(6-4-15)17-7-8-17/h3-6,11-13,17,19H,1-2,7-10,14H2,(H,27,29). The topological polar surface area (TPSA) is 45.2 Å². The fourth-order valence-electron chi connectivity index (χ4n) is 3.87. The quantitative estimate of drug-likeness (QED) is 0.809. The third kappa shape index (κ3) is 5.08. The first-order valence-electron chi connectivity index (χ1n) is 10.0. The van der Waals surface area contributed by atoms with Crippen molar-refractivity contribution in [1.82, 2.24) is 10.3 Å². The van der Waals surface area contributed by atoms with Crippen molar-refractivity contribution in [1.29, 1.82) is 0 Å². The van der Waals surface area contributed by atoms with E-state index in [9.17, 15) is 18.0 Å². The summed E-state index contributed by atoms with van der Waals surface area (Å²) in [6.45, 7) is 1.13. The van der Waals surface area contributed by atoms with Crippen LogP contribution in [-0.2, 0) is 17.4 Å². The number of carbonyl (C=O) groups is 1. The third-order valence-electron chi connectivity index (χ3n) is 5.60. The summed E-state index contributed by atoms with van der Waals surface area (Å²) in [4.78, 5) is 18.1. The number of halogens is 3. The minimum Gasteiger partial charge on any atom is -0.368 e. The number of carbonyl (C=O) groups excluding carboxylic acids is 1. The highest BCUT2D eigenvalue weighted by molar-refractivity contribution is 5.79. The van der Waals surface area contributed by atoms with Crippen LogP contribution in [0, 0.1) is 0 Å². The second-order valence-electron chi connectivity index (χ2n) is 7.97. The summed E-state index contributed by atoms with van der Waals surface area (Å²) in [5, 5.41) is 3.04. The predicted molar refractivity (Wildman–Crippen MR) is 105 cm³/mol. The van der Waals surface area contributed by atoms with Crippen molar-refractivity contribution in [2.45, 2.75) is 50.2 Å². The largest absolute Gasteiger partial charge is 0.417 e. The Labute approximate surface area is 168 Å². The lowest BCUT2D eigenvalue weighted by molar-refractivity contribution is -0.137. The Balaban J connectivity index is 1.34. The maximum absolute atomic E-state index is 12.9. The fraction of sp³-hybridized carbons (Fsp3) is 0.455. The Morgan fingerprint density at radius 1 is 1.14 bits per heavy atom. The molecule has 0 radical (unpaired) electrons. The second-order valence-corrected chi connectivity index (χ2v) is 7.97. The molecule has 0 bridgehead atoms. The van der Waals surface area contributed by atoms with E-state index >= 15 is 0 Å². The van der Waals surface area contributed by atoms with Gasteiger partial charge in [-0.25, -0.2) is 0 Å². The smallest absolute Gasteiger partial charge is 0.368 e. The van der Waals surface area contributed by atoms with E-state index < -0.39 is 11.7 Å². The first kappa shape index (κ1) is 19.7. The number of nitrogens with zero attached hydrogens (tertiary/aromatic N) is 2. The molecule has 1 unspecified atom stereocenters. The van der Waals surface area contributed by atoms with Crippen molar-refractivity contribution < 1.29 is 18.0 Å². The molecule has 2 aromatic rings. The number of pyridine rings is 1. The number of benzene rings is 1. The molecule has 2 aliphatic rings. The Kier molecular flexibility index (Phi) is 5.48. The summed E-state index contributed by atoms with van der Waals surface area (Å²) in [6.07, 6.45) is 2.29. The van der Waals surface area contributed by atoms with Crippen LogP contribution >= 0.6 is 0 Å². The Morgan fingerprint density at radius 3 is 2.59 bits per heavy atom. The summed E-state index contributed by atoms with van der Waals surface area (Å²) in [5.41, 5.74) is 2.00. The number of alkyl halides is 3. The van der Waals surface area contributed by atoms with E-state index in [4.69, 9.17) is 0 Å². The van der Waals surface area contributed by atoms with Crippen LogP contribution in [0.5, 0.6) is 0 Å². The van der Waals surface area contributed by atoms with Gasteiger partial charge in [0.25, 0.3) is 0 Å². The van der Waals surface area contributed by atoms with Crippen LogP contribution in [-0.4, -0.2) is 30.0 Å². The van der Waals surface area contributed by atoms with E-state index in [2.05, 4.69) is 22.4 Å². The molecule has 1 amide bonds. The molecule has 1 aliphatic carbocycles. The van der Waals surface area contributed by atoms with Crippen LogP contribution in [0.3, 0.4) is 0 Å². The van der Waals surface area contributed by atoms with Gasteiger partial charge in [-0.1, -0.05) is 24.3 Å². The molecule has 1 aliphatic heterocycles. The molecule has 1 aromatic heterocycles. The molecular weight excluding hydrogens is 379 g/mol. The SMILES string of the molecule is O=C(Cc1ccc(C2CC2)cc1)NC1CCCN(c2cncc(C(F)(F)F)c2)C1. The zero-order chi connectivity index (χ0) is 20.4. The number of aromatic nitrogens is 1. The predicted octanol–water partition coefficient (Wildman–Crippen LogP) is 4.31. The monoisotopic (exact) mass is 403 g/mol. The summed E-state index contributed by atoms with van der Waals surface area (Å²) >= 11 is 0. The van der Waals surface area contributed by atoms with Crippen LogP contribution < -0.4 is 10.2 Å². The highest BCUT2D eigenvalue weighted by atomic mass is 19.4. The van der Waals surface area contributed by atoms with E-state index in [1.807, 2.05) is 17.0 Å². The lowest BCUT2D eigenvalue weighted by atomic mass is 10.0. The van der Waals surface area contributed by atoms with Crippen LogP contribution in [0.2, 0.25) is 0 Å². The number of hydrogen-bond acceptors (Lipinski definition) is 3. The highest BCUT2D eigenvalue weighted by Gasteiger charge is 2.32. The summed E-state index contributed by atoms with van der Waals surface area (Å²) in [6, 6.07) is 9.26. The van der Waals surface area contributed by atoms with Gasteiger partial charge in [0.15, 0.2) is 0 Å². The molecular formula is C22H24F3N3O. The average Bonchev–Trinajstić information content (AvgIpc) is 3.53. The van der Waals surface area contributed by atoms with Crippen LogP contribution in [0.4, 0.5) is 18.9 Å². The highest BCUT2D eigenvalue weighted by Crippen LogP contribution is 2.39. The van der Waals surface area contributed by atoms with Crippen LogP contribution in [0.1, 0.15) is 48.3 Å². The maximum Gasteiger partial charge on any atom is 0.417 e. The van der Waals surface area contributed by atoms with Crippen LogP contribution in [0.15, 0.2) is 42.7 Å². The molecule has 7 heteroatoms. The van der Waals surface area contributed by atoms with Gasteiger partial charge in [0.2, 0.25) is 5.91 Å². The normalized spacial score (nSPS) is 19.8. The van der Waals surface area contributed by atoms with E-state index in [1.54, 1.807) is 0 Å². The summed E-state index contributed by atoms with van der Waals surface area (Å²) < 4.78 is 38.8. The van der Waals surface area contributed by atoms with Crippen LogP contribution in [0.25, 0.3) is 0 Å². The first-order valence-corrected chi connectivity index (χ1v) is 10.0. The molecule has 1 saturated carbocycles. The molecule has 4 rings (SSSR count). The number of amides is 1. The van der Waals surface area contributed by atoms with Crippen molar-refractivity contribution >= 4 is 11.6 Å². The molecule has 1 atom stereocenters. The molecule has 1 N–H and O–H groups in total. The number of rotatable bonds is 5. The Bertz CT molecular complexity index is 862. The van der Waals surface area contributed by atoms with E-state index in [1.165, 1.54) is 24.6 Å². The molecule has 2 fully saturated rings. The van der Waals surface area contributed by atoms with Crippen molar-refractivity contribution in [2.75, 3.05) is 18.0 Å². The van der Waals surface area contributed by atoms with Gasteiger partial charge in [0, 0.05) is 25.3 Å². The van der Waals surface area contributed by atoms with Gasteiger partial charge in [-0.15, -0.1) is 0 Å². The van der Waals surface area contributed by atoms with Crippen molar-refractivity contribution in [3.05, 3.63) is 59.4 Å². The molecule has 29 heavy (non-hydrogen) atoms. The van der Waals surface area contributed by atoms with Crippen molar-refractivity contribution in [3.8, 4) is 0 Å². The molecule has 1 aromatic carbocycles. The lowest BCUT2D eigenvalue weighted by Gasteiger charge is -2.34. The number of anilines is 1. The van der Waals surface area contributed by atoms with Gasteiger partial charge in [0.1, 0.15) is 0 Å². The average molecular weight is 403 g/mol. The first-order chi connectivity index (χ1) is 13.9. The minimum absolute atomic E-state index is 0.0572. The van der Waals surface area contributed by atoms with Gasteiger partial charge >= 0.3 is 6.18 Å². The lowest BCUT2D eigenvalue weighted by Crippen LogP contribution is -2.48. The number of hydrogen-bond donors (Lipinski definition) is 1. The van der Waals surface area contributed by atoms with Gasteiger partial charge in [-0.05, 0) is 48.8 Å². The maximum atomic E-state index is 12.9. The van der Waals surface area contributed by atoms with E-state index in [-0.39, 0.29) is 11.9 Å². The Morgan fingerprint density at radius 2 is 1.90 bits per heavy atom. The van der Waals surface area contributed by atoms with Gasteiger partial charge in [-0.2, -0.15) is 13.2 Å². The molecule has 1 saturated heterocycles. The zero-order valence-electron chi connectivity index (χ0n) is 16.1. The fourth-order valence-corrected chi connectivity index (χ4v) is 3.87. The Hall–Kier alpha value is -2.57. The van der Waals surface area contributed by atoms with Crippen molar-refractivity contribution in [2.24, 2.45) is 0 Å². The summed E-state index contributed by atoms with van der Waals surface area (Å²) in [7, 11) is 0. The number of piperidine rings is 1. The van der Waals surface area contributed by atoms with Crippen molar-refractivity contribution in [3.63, 3.8) is 0 Å². The van der Waals surface area contributed by atoms with E-state index in [0.717, 1.165) is 30.7 Å². The molecule has 0 spiro atoms. The second kappa shape index (κ2) is 8.05. The van der Waals surface area contributed by atoms with E-state index in [0.29, 0.717) is 31.1 Å². The molecule has 2 heterocycles. The zero-order valence-corrected chi connectivity index (χ0v) is 16.1. The van der Waals surface area contributed by atoms with Gasteiger partial charge in [-0.3, -0.25) is 9.78 Å². The molecule has 154 valence electrons. The van der Waals surface area contributed by atoms with Gasteiger partial charge in [0.05, 0.1) is 23.9 Å². The molecule has 4 nitrogen and oxygen atoms in total. The van der Waals surface area contributed by atoms with Gasteiger partial charge < -0.3 is 10.2 Å². The summed E-state index contributed by atoms with van der Waals surface area (Å²) in [5.74, 6) is 0.634. The third-order valence-corrected chi connectivity index (χ3v) is 5.60. The minimum atomic E-state index is -4.42. The number of nitrogens with one attached hydrogen (secondary N) is 1.